The fraction of sp³-hybridized carbons (Fsp3) is 0.160. The van der Waals surface area contributed by atoms with Gasteiger partial charge in [0.25, 0.3) is 5.91 Å². The molecule has 3 aromatic rings. The summed E-state index contributed by atoms with van der Waals surface area (Å²) in [5, 5.41) is 6.68. The molecular weight excluding hydrogens is 388 g/mol. The zero-order valence-corrected chi connectivity index (χ0v) is 17.7. The van der Waals surface area contributed by atoms with E-state index >= 15 is 0 Å². The van der Waals surface area contributed by atoms with E-state index in [-0.39, 0.29) is 12.5 Å². The Labute approximate surface area is 182 Å². The molecule has 3 aromatic carbocycles. The van der Waals surface area contributed by atoms with Crippen molar-refractivity contribution in [2.75, 3.05) is 25.5 Å². The highest BCUT2D eigenvalue weighted by molar-refractivity contribution is 5.91. The van der Waals surface area contributed by atoms with Crippen molar-refractivity contribution in [2.24, 2.45) is 5.10 Å². The Bertz CT molecular complexity index is 977. The Morgan fingerprint density at radius 3 is 1.94 bits per heavy atom. The molecule has 0 bridgehead atoms. The minimum Gasteiger partial charge on any atom is -0.378 e. The number of hydrogen-bond acceptors (Lipinski definition) is 4. The molecule has 2 amide bonds. The van der Waals surface area contributed by atoms with Crippen LogP contribution in [0.4, 0.5) is 5.69 Å². The second-order valence-corrected chi connectivity index (χ2v) is 7.25. The minimum absolute atomic E-state index is 0.161. The van der Waals surface area contributed by atoms with Gasteiger partial charge < -0.3 is 10.2 Å². The van der Waals surface area contributed by atoms with Crippen molar-refractivity contribution in [3.63, 3.8) is 0 Å². The van der Waals surface area contributed by atoms with Crippen LogP contribution < -0.4 is 15.6 Å². The van der Waals surface area contributed by atoms with Crippen LogP contribution in [-0.2, 0) is 9.59 Å². The lowest BCUT2D eigenvalue weighted by Crippen LogP contribution is -2.37. The smallest absolute Gasteiger partial charge is 0.259 e. The monoisotopic (exact) mass is 414 g/mol. The standard InChI is InChI=1S/C25H26N4O2/c1-29(2)22-15-13-19(14-16-22)17-27-28-23(30)18-26-25(31)24(20-9-5-3-6-10-20)21-11-7-4-8-12-21/h3-17,24H,18H2,1-2H3,(H,26,31)(H,28,30)/b27-17+. The molecule has 0 fully saturated rings. The number of carbonyl (C=O) groups is 2. The first kappa shape index (κ1) is 21.8. The maximum Gasteiger partial charge on any atom is 0.259 e. The van der Waals surface area contributed by atoms with E-state index in [1.165, 1.54) is 0 Å². The van der Waals surface area contributed by atoms with Crippen LogP contribution in [0.15, 0.2) is 90.0 Å². The van der Waals surface area contributed by atoms with Gasteiger partial charge in [-0.25, -0.2) is 5.43 Å². The lowest BCUT2D eigenvalue weighted by Gasteiger charge is -2.17. The third kappa shape index (κ3) is 6.27. The molecule has 0 heterocycles. The Hall–Kier alpha value is -3.93. The highest BCUT2D eigenvalue weighted by atomic mass is 16.2. The number of benzene rings is 3. The SMILES string of the molecule is CN(C)c1ccc(/C=N/NC(=O)CNC(=O)C(c2ccccc2)c2ccccc2)cc1. The Morgan fingerprint density at radius 2 is 1.42 bits per heavy atom. The number of nitrogens with zero attached hydrogens (tertiary/aromatic N) is 2. The third-order valence-corrected chi connectivity index (χ3v) is 4.76. The van der Waals surface area contributed by atoms with Crippen molar-refractivity contribution in [1.29, 1.82) is 0 Å². The molecule has 0 aliphatic carbocycles. The summed E-state index contributed by atoms with van der Waals surface area (Å²) in [6.07, 6.45) is 1.57. The van der Waals surface area contributed by atoms with Crippen LogP contribution >= 0.6 is 0 Å². The van der Waals surface area contributed by atoms with Crippen LogP contribution in [0.25, 0.3) is 0 Å². The summed E-state index contributed by atoms with van der Waals surface area (Å²) in [6.45, 7) is -0.161. The summed E-state index contributed by atoms with van der Waals surface area (Å²) in [5.41, 5.74) is 6.12. The van der Waals surface area contributed by atoms with Gasteiger partial charge in [0.05, 0.1) is 18.7 Å². The number of nitrogens with one attached hydrogen (secondary N) is 2. The van der Waals surface area contributed by atoms with E-state index in [4.69, 9.17) is 0 Å². The van der Waals surface area contributed by atoms with Crippen LogP contribution in [0.5, 0.6) is 0 Å². The summed E-state index contributed by atoms with van der Waals surface area (Å²) in [7, 11) is 3.94. The highest BCUT2D eigenvalue weighted by Crippen LogP contribution is 2.24. The Morgan fingerprint density at radius 1 is 0.871 bits per heavy atom. The molecule has 0 radical (unpaired) electrons. The molecule has 31 heavy (non-hydrogen) atoms. The number of rotatable bonds is 8. The van der Waals surface area contributed by atoms with Gasteiger partial charge >= 0.3 is 0 Å². The van der Waals surface area contributed by atoms with E-state index in [9.17, 15) is 9.59 Å². The largest absolute Gasteiger partial charge is 0.378 e. The minimum atomic E-state index is -0.492. The zero-order valence-electron chi connectivity index (χ0n) is 17.7. The second-order valence-electron chi connectivity index (χ2n) is 7.25. The fourth-order valence-corrected chi connectivity index (χ4v) is 3.13. The van der Waals surface area contributed by atoms with Crippen molar-refractivity contribution in [3.05, 3.63) is 102 Å². The predicted molar refractivity (Wildman–Crippen MR) is 124 cm³/mol. The van der Waals surface area contributed by atoms with Crippen LogP contribution in [0.1, 0.15) is 22.6 Å². The van der Waals surface area contributed by atoms with E-state index in [1.807, 2.05) is 104 Å². The zero-order chi connectivity index (χ0) is 22.1. The van der Waals surface area contributed by atoms with Gasteiger partial charge in [-0.1, -0.05) is 72.8 Å². The van der Waals surface area contributed by atoms with Crippen LogP contribution in [0.2, 0.25) is 0 Å². The summed E-state index contributed by atoms with van der Waals surface area (Å²) in [5.74, 6) is -1.13. The Kier molecular flexibility index (Phi) is 7.54. The molecule has 0 aliphatic heterocycles. The third-order valence-electron chi connectivity index (χ3n) is 4.76. The average molecular weight is 415 g/mol. The van der Waals surface area contributed by atoms with Crippen molar-refractivity contribution in [1.82, 2.24) is 10.7 Å². The van der Waals surface area contributed by atoms with Crippen molar-refractivity contribution in [2.45, 2.75) is 5.92 Å². The van der Waals surface area contributed by atoms with Gasteiger partial charge in [0.15, 0.2) is 0 Å². The van der Waals surface area contributed by atoms with Crippen molar-refractivity contribution < 1.29 is 9.59 Å². The topological polar surface area (TPSA) is 73.8 Å². The van der Waals surface area contributed by atoms with Gasteiger partial charge in [0.1, 0.15) is 0 Å². The molecule has 0 aromatic heterocycles. The molecule has 0 unspecified atom stereocenters. The fourth-order valence-electron chi connectivity index (χ4n) is 3.13. The maximum absolute atomic E-state index is 12.9. The summed E-state index contributed by atoms with van der Waals surface area (Å²) < 4.78 is 0. The lowest BCUT2D eigenvalue weighted by atomic mass is 9.90. The first-order valence-corrected chi connectivity index (χ1v) is 10.0. The molecule has 0 saturated carbocycles. The molecule has 0 saturated heterocycles. The van der Waals surface area contributed by atoms with E-state index in [0.717, 1.165) is 22.4 Å². The quantitative estimate of drug-likeness (QED) is 0.439. The Balaban J connectivity index is 1.57. The van der Waals surface area contributed by atoms with Gasteiger partial charge in [0, 0.05) is 19.8 Å². The molecule has 0 spiro atoms. The van der Waals surface area contributed by atoms with Crippen LogP contribution in [0, 0.1) is 0 Å². The predicted octanol–water partition coefficient (Wildman–Crippen LogP) is 3.15. The molecule has 158 valence electrons. The van der Waals surface area contributed by atoms with Crippen LogP contribution in [0.3, 0.4) is 0 Å². The van der Waals surface area contributed by atoms with E-state index in [0.29, 0.717) is 0 Å². The number of hydrogen-bond donors (Lipinski definition) is 2. The lowest BCUT2D eigenvalue weighted by molar-refractivity contribution is -0.126. The van der Waals surface area contributed by atoms with Crippen molar-refractivity contribution >= 4 is 23.7 Å². The van der Waals surface area contributed by atoms with E-state index in [2.05, 4.69) is 15.8 Å². The molecule has 6 nitrogen and oxygen atoms in total. The van der Waals surface area contributed by atoms with E-state index in [1.54, 1.807) is 6.21 Å². The molecule has 0 aliphatic rings. The average Bonchev–Trinajstić information content (AvgIpc) is 2.80. The molecule has 0 atom stereocenters. The van der Waals surface area contributed by atoms with Crippen LogP contribution in [-0.4, -0.2) is 38.7 Å². The summed E-state index contributed by atoms with van der Waals surface area (Å²) in [6, 6.07) is 26.8. The van der Waals surface area contributed by atoms with Gasteiger partial charge in [-0.2, -0.15) is 5.10 Å². The highest BCUT2D eigenvalue weighted by Gasteiger charge is 2.22. The number of carbonyl (C=O) groups excluding carboxylic acids is 2. The molecule has 6 heteroatoms. The molecule has 2 N–H and O–H groups in total. The summed E-state index contributed by atoms with van der Waals surface area (Å²) in [4.78, 5) is 27.0. The first-order chi connectivity index (χ1) is 15.0. The molecular formula is C25H26N4O2. The normalized spacial score (nSPS) is 10.8. The molecule has 3 rings (SSSR count). The number of anilines is 1. The van der Waals surface area contributed by atoms with Gasteiger partial charge in [-0.3, -0.25) is 9.59 Å². The second kappa shape index (κ2) is 10.7. The van der Waals surface area contributed by atoms with Gasteiger partial charge in [-0.05, 0) is 28.8 Å². The van der Waals surface area contributed by atoms with Crippen molar-refractivity contribution in [3.8, 4) is 0 Å². The number of amides is 2. The van der Waals surface area contributed by atoms with E-state index < -0.39 is 11.8 Å². The van der Waals surface area contributed by atoms with Gasteiger partial charge in [0.2, 0.25) is 5.91 Å². The first-order valence-electron chi connectivity index (χ1n) is 10.0. The van der Waals surface area contributed by atoms with Gasteiger partial charge in [-0.15, -0.1) is 0 Å². The summed E-state index contributed by atoms with van der Waals surface area (Å²) >= 11 is 0. The number of hydrazone groups is 1. The maximum atomic E-state index is 12.9.